The molecule has 21 heavy (non-hydrogen) atoms. The van der Waals surface area contributed by atoms with Gasteiger partial charge in [-0.2, -0.15) is 5.10 Å². The van der Waals surface area contributed by atoms with Crippen LogP contribution < -0.4 is 5.32 Å². The number of halogens is 1. The molecule has 1 N–H and O–H groups in total. The molecule has 0 saturated heterocycles. The van der Waals surface area contributed by atoms with E-state index in [1.165, 1.54) is 29.8 Å². The Kier molecular flexibility index (Phi) is 4.52. The summed E-state index contributed by atoms with van der Waals surface area (Å²) in [5, 5.41) is 8.10. The van der Waals surface area contributed by atoms with Gasteiger partial charge in [-0.25, -0.2) is 0 Å². The van der Waals surface area contributed by atoms with Crippen molar-refractivity contribution in [3.8, 4) is 0 Å². The Morgan fingerprint density at radius 1 is 1.48 bits per heavy atom. The molecule has 114 valence electrons. The molecular formula is C16H22BrN3S. The normalized spacial score (nSPS) is 15.4. The van der Waals surface area contributed by atoms with Gasteiger partial charge in [0.1, 0.15) is 0 Å². The van der Waals surface area contributed by atoms with E-state index in [2.05, 4.69) is 58.0 Å². The molecule has 1 aliphatic carbocycles. The van der Waals surface area contributed by atoms with E-state index in [4.69, 9.17) is 0 Å². The van der Waals surface area contributed by atoms with E-state index >= 15 is 0 Å². The SMILES string of the molecule is CCn1nc(C)c(Br)c1CC(NC)c1cc2c(s1)CCC2. The monoisotopic (exact) mass is 367 g/mol. The van der Waals surface area contributed by atoms with Crippen molar-refractivity contribution in [3.63, 3.8) is 0 Å². The van der Waals surface area contributed by atoms with Gasteiger partial charge in [-0.05, 0) is 67.7 Å². The molecule has 5 heteroatoms. The number of rotatable bonds is 5. The molecule has 2 heterocycles. The number of hydrogen-bond donors (Lipinski definition) is 1. The summed E-state index contributed by atoms with van der Waals surface area (Å²) in [6.45, 7) is 5.13. The lowest BCUT2D eigenvalue weighted by molar-refractivity contribution is 0.545. The third-order valence-electron chi connectivity index (χ3n) is 4.31. The number of nitrogens with one attached hydrogen (secondary N) is 1. The first kappa shape index (κ1) is 15.3. The van der Waals surface area contributed by atoms with E-state index in [1.807, 2.05) is 11.3 Å². The molecule has 0 radical (unpaired) electrons. The molecule has 0 spiro atoms. The van der Waals surface area contributed by atoms with Crippen molar-refractivity contribution in [1.82, 2.24) is 15.1 Å². The first-order chi connectivity index (χ1) is 10.1. The number of fused-ring (bicyclic) bond motifs is 1. The fourth-order valence-corrected chi connectivity index (χ4v) is 4.94. The van der Waals surface area contributed by atoms with Gasteiger partial charge in [0.2, 0.25) is 0 Å². The molecule has 3 nitrogen and oxygen atoms in total. The second-order valence-electron chi connectivity index (χ2n) is 5.66. The minimum Gasteiger partial charge on any atom is -0.312 e. The van der Waals surface area contributed by atoms with Crippen LogP contribution in [-0.2, 0) is 25.8 Å². The maximum Gasteiger partial charge on any atom is 0.0738 e. The van der Waals surface area contributed by atoms with Crippen LogP contribution in [0.4, 0.5) is 0 Å². The Hall–Kier alpha value is -0.650. The van der Waals surface area contributed by atoms with Crippen molar-refractivity contribution in [2.45, 2.75) is 52.1 Å². The minimum absolute atomic E-state index is 0.373. The van der Waals surface area contributed by atoms with Crippen LogP contribution in [0.25, 0.3) is 0 Å². The molecule has 2 aromatic rings. The lowest BCUT2D eigenvalue weighted by Gasteiger charge is -2.16. The Labute approximate surface area is 138 Å². The summed E-state index contributed by atoms with van der Waals surface area (Å²) in [6, 6.07) is 2.79. The van der Waals surface area contributed by atoms with Crippen LogP contribution in [0.2, 0.25) is 0 Å². The largest absolute Gasteiger partial charge is 0.312 e. The zero-order chi connectivity index (χ0) is 15.0. The van der Waals surface area contributed by atoms with Crippen molar-refractivity contribution in [2.24, 2.45) is 0 Å². The molecule has 0 aromatic carbocycles. The van der Waals surface area contributed by atoms with Crippen LogP contribution in [0.5, 0.6) is 0 Å². The van der Waals surface area contributed by atoms with Gasteiger partial charge in [-0.1, -0.05) is 0 Å². The lowest BCUT2D eigenvalue weighted by atomic mass is 10.1. The quantitative estimate of drug-likeness (QED) is 0.864. The van der Waals surface area contributed by atoms with E-state index in [-0.39, 0.29) is 0 Å². The smallest absolute Gasteiger partial charge is 0.0738 e. The summed E-state index contributed by atoms with van der Waals surface area (Å²) in [5.74, 6) is 0. The average Bonchev–Trinajstić information content (AvgIpc) is 3.12. The minimum atomic E-state index is 0.373. The highest BCUT2D eigenvalue weighted by Crippen LogP contribution is 2.35. The summed E-state index contributed by atoms with van der Waals surface area (Å²) >= 11 is 5.70. The van der Waals surface area contributed by atoms with E-state index in [0.29, 0.717) is 6.04 Å². The zero-order valence-corrected chi connectivity index (χ0v) is 15.3. The number of hydrogen-bond acceptors (Lipinski definition) is 3. The van der Waals surface area contributed by atoms with Gasteiger partial charge >= 0.3 is 0 Å². The van der Waals surface area contributed by atoms with E-state index in [1.54, 1.807) is 10.4 Å². The number of aromatic nitrogens is 2. The molecule has 1 unspecified atom stereocenters. The third-order valence-corrected chi connectivity index (χ3v) is 6.69. The van der Waals surface area contributed by atoms with Gasteiger partial charge < -0.3 is 5.32 Å². The highest BCUT2D eigenvalue weighted by atomic mass is 79.9. The van der Waals surface area contributed by atoms with E-state index in [0.717, 1.165) is 23.1 Å². The van der Waals surface area contributed by atoms with E-state index in [9.17, 15) is 0 Å². The Bertz CT molecular complexity index is 623. The molecule has 0 aliphatic heterocycles. The van der Waals surface area contributed by atoms with Crippen LogP contribution in [0.15, 0.2) is 10.5 Å². The zero-order valence-electron chi connectivity index (χ0n) is 12.9. The third kappa shape index (κ3) is 2.83. The van der Waals surface area contributed by atoms with Crippen LogP contribution in [0.3, 0.4) is 0 Å². The summed E-state index contributed by atoms with van der Waals surface area (Å²) < 4.78 is 3.28. The molecule has 0 saturated carbocycles. The molecule has 1 aliphatic rings. The summed E-state index contributed by atoms with van der Waals surface area (Å²) in [5.41, 5.74) is 3.95. The number of nitrogens with zero attached hydrogens (tertiary/aromatic N) is 2. The van der Waals surface area contributed by atoms with Crippen LogP contribution in [0.1, 0.15) is 46.1 Å². The first-order valence-corrected chi connectivity index (χ1v) is 9.25. The Morgan fingerprint density at radius 2 is 2.29 bits per heavy atom. The Balaban J connectivity index is 1.87. The molecule has 1 atom stereocenters. The highest BCUT2D eigenvalue weighted by molar-refractivity contribution is 9.10. The first-order valence-electron chi connectivity index (χ1n) is 7.64. The maximum absolute atomic E-state index is 4.61. The van der Waals surface area contributed by atoms with Crippen molar-refractivity contribution in [2.75, 3.05) is 7.05 Å². The van der Waals surface area contributed by atoms with Gasteiger partial charge in [0.05, 0.1) is 15.9 Å². The lowest BCUT2D eigenvalue weighted by Crippen LogP contribution is -2.20. The van der Waals surface area contributed by atoms with Crippen molar-refractivity contribution < 1.29 is 0 Å². The average molecular weight is 368 g/mol. The fraction of sp³-hybridized carbons (Fsp3) is 0.562. The van der Waals surface area contributed by atoms with E-state index < -0.39 is 0 Å². The molecule has 0 fully saturated rings. The number of likely N-dealkylation sites (N-methyl/N-ethyl adjacent to an activating group) is 1. The second-order valence-corrected chi connectivity index (χ2v) is 7.62. The fourth-order valence-electron chi connectivity index (χ4n) is 3.13. The van der Waals surface area contributed by atoms with Gasteiger partial charge in [0.15, 0.2) is 0 Å². The van der Waals surface area contributed by atoms with Gasteiger partial charge in [0, 0.05) is 28.8 Å². The van der Waals surface area contributed by atoms with Gasteiger partial charge in [0.25, 0.3) is 0 Å². The van der Waals surface area contributed by atoms with Crippen molar-refractivity contribution in [3.05, 3.63) is 37.2 Å². The molecule has 0 bridgehead atoms. The second kappa shape index (κ2) is 6.23. The van der Waals surface area contributed by atoms with Crippen LogP contribution in [0, 0.1) is 6.92 Å². The van der Waals surface area contributed by atoms with Crippen molar-refractivity contribution in [1.29, 1.82) is 0 Å². The van der Waals surface area contributed by atoms with Gasteiger partial charge in [-0.15, -0.1) is 11.3 Å². The maximum atomic E-state index is 4.61. The summed E-state index contributed by atoms with van der Waals surface area (Å²) in [7, 11) is 2.06. The summed E-state index contributed by atoms with van der Waals surface area (Å²) in [4.78, 5) is 3.07. The standard InChI is InChI=1S/C16H22BrN3S/c1-4-20-13(16(17)10(2)19-20)9-12(18-3)15-8-11-6-5-7-14(11)21-15/h8,12,18H,4-7,9H2,1-3H3. The van der Waals surface area contributed by atoms with Crippen LogP contribution in [-0.4, -0.2) is 16.8 Å². The predicted molar refractivity (Wildman–Crippen MR) is 92.2 cm³/mol. The molecule has 2 aromatic heterocycles. The predicted octanol–water partition coefficient (Wildman–Crippen LogP) is 4.03. The summed E-state index contributed by atoms with van der Waals surface area (Å²) in [6.07, 6.45) is 4.84. The molecule has 0 amide bonds. The molecule has 3 rings (SSSR count). The topological polar surface area (TPSA) is 29.9 Å². The number of thiophene rings is 1. The van der Waals surface area contributed by atoms with Crippen molar-refractivity contribution >= 4 is 27.3 Å². The van der Waals surface area contributed by atoms with Crippen LogP contribution >= 0.6 is 27.3 Å². The Morgan fingerprint density at radius 3 is 2.95 bits per heavy atom. The molecular weight excluding hydrogens is 346 g/mol. The number of aryl methyl sites for hydroxylation is 4. The van der Waals surface area contributed by atoms with Gasteiger partial charge in [-0.3, -0.25) is 4.68 Å². The highest BCUT2D eigenvalue weighted by Gasteiger charge is 2.22.